The molecule has 1 fully saturated rings. The summed E-state index contributed by atoms with van der Waals surface area (Å²) in [6, 6.07) is 19.9. The summed E-state index contributed by atoms with van der Waals surface area (Å²) in [5.74, 6) is -4.19. The van der Waals surface area contributed by atoms with Crippen LogP contribution in [0, 0.1) is 11.8 Å². The summed E-state index contributed by atoms with van der Waals surface area (Å²) in [5, 5.41) is 21.2. The molecule has 8 heteroatoms. The molecule has 3 rings (SSSR count). The van der Waals surface area contributed by atoms with Crippen LogP contribution < -0.4 is 5.32 Å². The zero-order valence-corrected chi connectivity index (χ0v) is 20.3. The van der Waals surface area contributed by atoms with Crippen LogP contribution in [0.2, 0.25) is 0 Å². The summed E-state index contributed by atoms with van der Waals surface area (Å²) in [6.45, 7) is 0.0573. The zero-order chi connectivity index (χ0) is 25.9. The second-order valence-corrected chi connectivity index (χ2v) is 9.24. The second-order valence-electron chi connectivity index (χ2n) is 9.24. The molecule has 3 N–H and O–H groups in total. The number of carbonyl (C=O) groups excluding carboxylic acids is 2. The summed E-state index contributed by atoms with van der Waals surface area (Å²) in [5.41, 5.74) is 2.19. The van der Waals surface area contributed by atoms with Gasteiger partial charge in [-0.3, -0.25) is 19.2 Å². The molecule has 0 bridgehead atoms. The number of hydrogen-bond donors (Lipinski definition) is 3. The highest BCUT2D eigenvalue weighted by Gasteiger charge is 2.35. The van der Waals surface area contributed by atoms with Crippen LogP contribution in [0.3, 0.4) is 0 Å². The number of nitrogens with zero attached hydrogens (tertiary/aromatic N) is 1. The van der Waals surface area contributed by atoms with Crippen molar-refractivity contribution in [1.29, 1.82) is 0 Å². The van der Waals surface area contributed by atoms with E-state index in [1.807, 2.05) is 60.7 Å². The summed E-state index contributed by atoms with van der Waals surface area (Å²) in [6.07, 6.45) is 2.86. The maximum atomic E-state index is 13.0. The fourth-order valence-electron chi connectivity index (χ4n) is 4.92. The minimum atomic E-state index is -1.01. The number of benzene rings is 2. The molecular weight excluding hydrogens is 460 g/mol. The van der Waals surface area contributed by atoms with Gasteiger partial charge in [0.1, 0.15) is 0 Å². The molecule has 2 amide bonds. The van der Waals surface area contributed by atoms with Crippen molar-refractivity contribution < 1.29 is 29.4 Å². The van der Waals surface area contributed by atoms with E-state index in [0.29, 0.717) is 25.8 Å². The number of nitrogens with one attached hydrogen (secondary N) is 1. The van der Waals surface area contributed by atoms with Crippen LogP contribution in [0.25, 0.3) is 0 Å². The van der Waals surface area contributed by atoms with E-state index in [-0.39, 0.29) is 31.3 Å². The van der Waals surface area contributed by atoms with Gasteiger partial charge in [0.15, 0.2) is 0 Å². The van der Waals surface area contributed by atoms with E-state index in [1.54, 1.807) is 0 Å². The molecule has 192 valence electrons. The van der Waals surface area contributed by atoms with E-state index in [2.05, 4.69) is 5.32 Å². The van der Waals surface area contributed by atoms with Gasteiger partial charge in [-0.15, -0.1) is 0 Å². The molecular formula is C28H34N2O6. The van der Waals surface area contributed by atoms with Gasteiger partial charge in [-0.25, -0.2) is 0 Å². The number of hydrogen-bond acceptors (Lipinski definition) is 4. The average Bonchev–Trinajstić information content (AvgIpc) is 2.90. The van der Waals surface area contributed by atoms with Crippen LogP contribution in [0.15, 0.2) is 60.7 Å². The molecule has 0 radical (unpaired) electrons. The zero-order valence-electron chi connectivity index (χ0n) is 20.3. The fraction of sp³-hybridized carbons (Fsp3) is 0.429. The molecule has 0 aromatic heterocycles. The highest BCUT2D eigenvalue weighted by Crippen LogP contribution is 2.30. The van der Waals surface area contributed by atoms with Gasteiger partial charge in [0.25, 0.3) is 0 Å². The van der Waals surface area contributed by atoms with E-state index in [0.717, 1.165) is 24.0 Å². The molecule has 1 saturated carbocycles. The summed E-state index contributed by atoms with van der Waals surface area (Å²) in [4.78, 5) is 50.0. The van der Waals surface area contributed by atoms with Crippen LogP contribution in [0.4, 0.5) is 0 Å². The molecule has 0 heterocycles. The van der Waals surface area contributed by atoms with E-state index in [1.165, 1.54) is 4.90 Å². The van der Waals surface area contributed by atoms with Gasteiger partial charge in [0.05, 0.1) is 24.8 Å². The first kappa shape index (κ1) is 26.9. The largest absolute Gasteiger partial charge is 0.481 e. The van der Waals surface area contributed by atoms with Crippen LogP contribution in [0.1, 0.15) is 55.6 Å². The lowest BCUT2D eigenvalue weighted by Crippen LogP contribution is -2.45. The fourth-order valence-corrected chi connectivity index (χ4v) is 4.92. The van der Waals surface area contributed by atoms with Crippen molar-refractivity contribution in [3.05, 3.63) is 71.8 Å². The van der Waals surface area contributed by atoms with E-state index < -0.39 is 29.7 Å². The minimum Gasteiger partial charge on any atom is -0.481 e. The quantitative estimate of drug-likeness (QED) is 0.415. The molecule has 2 aromatic rings. The van der Waals surface area contributed by atoms with Crippen LogP contribution in [0.5, 0.6) is 0 Å². The molecule has 2 atom stereocenters. The lowest BCUT2D eigenvalue weighted by atomic mass is 9.79. The Balaban J connectivity index is 1.67. The highest BCUT2D eigenvalue weighted by atomic mass is 16.4. The Morgan fingerprint density at radius 2 is 1.39 bits per heavy atom. The molecule has 36 heavy (non-hydrogen) atoms. The van der Waals surface area contributed by atoms with Gasteiger partial charge in [0.2, 0.25) is 11.8 Å². The minimum absolute atomic E-state index is 0.0145. The topological polar surface area (TPSA) is 124 Å². The maximum Gasteiger partial charge on any atom is 0.307 e. The number of aliphatic carboxylic acids is 2. The molecule has 1 aliphatic carbocycles. The molecule has 0 saturated heterocycles. The molecule has 2 aromatic carbocycles. The highest BCUT2D eigenvalue weighted by molar-refractivity contribution is 5.88. The number of carbonyl (C=O) groups is 4. The SMILES string of the molecule is O=C(O)CCN(CCC(c1ccccc1)c1ccccc1)C(=O)CNC(=O)[C@@H]1CCCC[C@H]1C(=O)O. The van der Waals surface area contributed by atoms with E-state index in [9.17, 15) is 29.4 Å². The van der Waals surface area contributed by atoms with Crippen molar-refractivity contribution in [2.24, 2.45) is 11.8 Å². The van der Waals surface area contributed by atoms with Crippen molar-refractivity contribution in [1.82, 2.24) is 10.2 Å². The van der Waals surface area contributed by atoms with Gasteiger partial charge in [-0.1, -0.05) is 73.5 Å². The Bertz CT molecular complexity index is 987. The summed E-state index contributed by atoms with van der Waals surface area (Å²) < 4.78 is 0. The third-order valence-corrected chi connectivity index (χ3v) is 6.87. The van der Waals surface area contributed by atoms with Crippen LogP contribution in [-0.2, 0) is 19.2 Å². The molecule has 8 nitrogen and oxygen atoms in total. The van der Waals surface area contributed by atoms with Crippen molar-refractivity contribution in [3.63, 3.8) is 0 Å². The first-order chi connectivity index (χ1) is 17.4. The van der Waals surface area contributed by atoms with Gasteiger partial charge in [-0.05, 0) is 30.4 Å². The van der Waals surface area contributed by atoms with Crippen molar-refractivity contribution in [2.75, 3.05) is 19.6 Å². The third kappa shape index (κ3) is 7.66. The first-order valence-electron chi connectivity index (χ1n) is 12.5. The third-order valence-electron chi connectivity index (χ3n) is 6.87. The lowest BCUT2D eigenvalue weighted by molar-refractivity contribution is -0.149. The second kappa shape index (κ2) is 13.4. The first-order valence-corrected chi connectivity index (χ1v) is 12.5. The van der Waals surface area contributed by atoms with Crippen molar-refractivity contribution in [3.8, 4) is 0 Å². The molecule has 0 unspecified atom stereocenters. The summed E-state index contributed by atoms with van der Waals surface area (Å²) in [7, 11) is 0. The van der Waals surface area contributed by atoms with Gasteiger partial charge in [-0.2, -0.15) is 0 Å². The average molecular weight is 495 g/mol. The Labute approximate surface area is 211 Å². The normalized spacial score (nSPS) is 17.4. The number of rotatable bonds is 12. The van der Waals surface area contributed by atoms with E-state index >= 15 is 0 Å². The summed E-state index contributed by atoms with van der Waals surface area (Å²) >= 11 is 0. The van der Waals surface area contributed by atoms with Crippen molar-refractivity contribution >= 4 is 23.8 Å². The smallest absolute Gasteiger partial charge is 0.307 e. The molecule has 0 spiro atoms. The van der Waals surface area contributed by atoms with Crippen molar-refractivity contribution in [2.45, 2.75) is 44.4 Å². The van der Waals surface area contributed by atoms with E-state index in [4.69, 9.17) is 0 Å². The Hall–Kier alpha value is -3.68. The Morgan fingerprint density at radius 1 is 0.833 bits per heavy atom. The van der Waals surface area contributed by atoms with Crippen LogP contribution >= 0.6 is 0 Å². The Kier molecular flexibility index (Phi) is 10.0. The number of amides is 2. The lowest BCUT2D eigenvalue weighted by Gasteiger charge is -2.28. The van der Waals surface area contributed by atoms with Gasteiger partial charge >= 0.3 is 11.9 Å². The maximum absolute atomic E-state index is 13.0. The number of carboxylic acids is 2. The van der Waals surface area contributed by atoms with Gasteiger partial charge in [0, 0.05) is 19.0 Å². The molecule has 1 aliphatic rings. The Morgan fingerprint density at radius 3 is 1.92 bits per heavy atom. The number of carboxylic acid groups (broad SMARTS) is 2. The predicted molar refractivity (Wildman–Crippen MR) is 134 cm³/mol. The molecule has 0 aliphatic heterocycles. The standard InChI is InChI=1S/C28H34N2O6/c31-25(19-29-27(34)23-13-7-8-14-24(23)28(35)36)30(18-16-26(32)33)17-15-22(20-9-3-1-4-10-20)21-11-5-2-6-12-21/h1-6,9-12,22-24H,7-8,13-19H2,(H,29,34)(H,32,33)(H,35,36)/t23-,24-/m1/s1. The van der Waals surface area contributed by atoms with Gasteiger partial charge < -0.3 is 20.4 Å². The van der Waals surface area contributed by atoms with Crippen LogP contribution in [-0.4, -0.2) is 58.5 Å². The monoisotopic (exact) mass is 494 g/mol. The predicted octanol–water partition coefficient (Wildman–Crippen LogP) is 3.52.